The predicted octanol–water partition coefficient (Wildman–Crippen LogP) is 1.97. The van der Waals surface area contributed by atoms with E-state index in [1.807, 2.05) is 0 Å². The van der Waals surface area contributed by atoms with Gasteiger partial charge in [0.15, 0.2) is 5.82 Å². The minimum atomic E-state index is 0.611. The molecule has 3 heterocycles. The molecule has 2 aliphatic heterocycles. The number of aromatic amines is 1. The maximum atomic E-state index is 4.68. The van der Waals surface area contributed by atoms with Crippen LogP contribution in [0.15, 0.2) is 24.3 Å². The van der Waals surface area contributed by atoms with Gasteiger partial charge >= 0.3 is 0 Å². The standard InChI is InChI=1S/C16H21N5/c1-11-4-6-12(7-5-11)15-18-16(20-19-15)21-9-13-3-2-8-17-14(13)10-21/h4-7,13-14,17H,2-3,8-10H2,1H3,(H,18,19,20). The largest absolute Gasteiger partial charge is 0.338 e. The van der Waals surface area contributed by atoms with E-state index < -0.39 is 0 Å². The van der Waals surface area contributed by atoms with Gasteiger partial charge in [0, 0.05) is 24.7 Å². The molecule has 1 aromatic carbocycles. The van der Waals surface area contributed by atoms with Crippen LogP contribution in [0.25, 0.3) is 11.4 Å². The molecule has 2 aromatic rings. The fourth-order valence-electron chi connectivity index (χ4n) is 3.44. The minimum absolute atomic E-state index is 0.611. The Bertz CT molecular complexity index is 604. The topological polar surface area (TPSA) is 56.8 Å². The molecule has 0 amide bonds. The third kappa shape index (κ3) is 2.42. The molecule has 0 saturated carbocycles. The first kappa shape index (κ1) is 12.8. The van der Waals surface area contributed by atoms with Crippen LogP contribution in [0.5, 0.6) is 0 Å². The Morgan fingerprint density at radius 1 is 1.19 bits per heavy atom. The average Bonchev–Trinajstić information content (AvgIpc) is 3.14. The average molecular weight is 283 g/mol. The number of aromatic nitrogens is 3. The lowest BCUT2D eigenvalue weighted by Crippen LogP contribution is -2.40. The van der Waals surface area contributed by atoms with Crippen molar-refractivity contribution < 1.29 is 0 Å². The molecule has 2 saturated heterocycles. The highest BCUT2D eigenvalue weighted by atomic mass is 15.4. The van der Waals surface area contributed by atoms with Gasteiger partial charge in [-0.15, -0.1) is 5.10 Å². The minimum Gasteiger partial charge on any atom is -0.338 e. The molecule has 5 nitrogen and oxygen atoms in total. The van der Waals surface area contributed by atoms with E-state index in [4.69, 9.17) is 0 Å². The highest BCUT2D eigenvalue weighted by Gasteiger charge is 2.35. The first-order valence-corrected chi connectivity index (χ1v) is 7.77. The number of hydrogen-bond donors (Lipinski definition) is 2. The van der Waals surface area contributed by atoms with Crippen LogP contribution in [0, 0.1) is 12.8 Å². The van der Waals surface area contributed by atoms with E-state index in [1.165, 1.54) is 18.4 Å². The van der Waals surface area contributed by atoms with Gasteiger partial charge in [0.25, 0.3) is 0 Å². The first-order chi connectivity index (χ1) is 10.3. The summed E-state index contributed by atoms with van der Waals surface area (Å²) in [7, 11) is 0. The van der Waals surface area contributed by atoms with Crippen molar-refractivity contribution in [2.75, 3.05) is 24.5 Å². The molecule has 21 heavy (non-hydrogen) atoms. The third-order valence-corrected chi connectivity index (χ3v) is 4.68. The molecule has 2 fully saturated rings. The normalized spacial score (nSPS) is 25.1. The summed E-state index contributed by atoms with van der Waals surface area (Å²) >= 11 is 0. The van der Waals surface area contributed by atoms with Crippen LogP contribution in [-0.2, 0) is 0 Å². The van der Waals surface area contributed by atoms with Crippen molar-refractivity contribution in [1.29, 1.82) is 0 Å². The van der Waals surface area contributed by atoms with E-state index in [0.29, 0.717) is 6.04 Å². The van der Waals surface area contributed by atoms with Gasteiger partial charge in [-0.3, -0.25) is 5.10 Å². The molecule has 0 spiro atoms. The number of benzene rings is 1. The molecule has 5 heteroatoms. The number of aryl methyl sites for hydroxylation is 1. The van der Waals surface area contributed by atoms with Crippen molar-refractivity contribution in [3.8, 4) is 11.4 Å². The zero-order valence-corrected chi connectivity index (χ0v) is 12.3. The predicted molar refractivity (Wildman–Crippen MR) is 83.3 cm³/mol. The Morgan fingerprint density at radius 2 is 2.05 bits per heavy atom. The van der Waals surface area contributed by atoms with Gasteiger partial charge in [-0.05, 0) is 32.2 Å². The molecule has 2 unspecified atom stereocenters. The first-order valence-electron chi connectivity index (χ1n) is 7.77. The molecule has 4 rings (SSSR count). The number of H-pyrrole nitrogens is 1. The van der Waals surface area contributed by atoms with Gasteiger partial charge in [-0.2, -0.15) is 4.98 Å². The number of hydrogen-bond acceptors (Lipinski definition) is 4. The Morgan fingerprint density at radius 3 is 2.86 bits per heavy atom. The van der Waals surface area contributed by atoms with Crippen molar-refractivity contribution in [3.05, 3.63) is 29.8 Å². The smallest absolute Gasteiger partial charge is 0.245 e. The molecule has 0 radical (unpaired) electrons. The number of nitrogens with one attached hydrogen (secondary N) is 2. The number of fused-ring (bicyclic) bond motifs is 1. The lowest BCUT2D eigenvalue weighted by atomic mass is 9.94. The van der Waals surface area contributed by atoms with Crippen LogP contribution in [-0.4, -0.2) is 40.9 Å². The van der Waals surface area contributed by atoms with Gasteiger partial charge in [0.1, 0.15) is 0 Å². The van der Waals surface area contributed by atoms with E-state index in [0.717, 1.165) is 42.9 Å². The number of piperidine rings is 1. The van der Waals surface area contributed by atoms with Crippen LogP contribution < -0.4 is 10.2 Å². The second kappa shape index (κ2) is 5.15. The Balaban J connectivity index is 1.53. The quantitative estimate of drug-likeness (QED) is 0.885. The molecule has 2 N–H and O–H groups in total. The number of nitrogens with zero attached hydrogens (tertiary/aromatic N) is 3. The van der Waals surface area contributed by atoms with Crippen LogP contribution in [0.1, 0.15) is 18.4 Å². The summed E-state index contributed by atoms with van der Waals surface area (Å²) in [5.41, 5.74) is 2.35. The van der Waals surface area contributed by atoms with Gasteiger partial charge < -0.3 is 10.2 Å². The van der Waals surface area contributed by atoms with Crippen LogP contribution >= 0.6 is 0 Å². The van der Waals surface area contributed by atoms with Gasteiger partial charge in [-0.1, -0.05) is 29.8 Å². The van der Waals surface area contributed by atoms with Crippen LogP contribution in [0.2, 0.25) is 0 Å². The highest BCUT2D eigenvalue weighted by molar-refractivity contribution is 5.56. The number of anilines is 1. The molecule has 1 aromatic heterocycles. The van der Waals surface area contributed by atoms with E-state index in [-0.39, 0.29) is 0 Å². The van der Waals surface area contributed by atoms with E-state index in [1.54, 1.807) is 0 Å². The third-order valence-electron chi connectivity index (χ3n) is 4.68. The molecule has 2 aliphatic rings. The van der Waals surface area contributed by atoms with Crippen molar-refractivity contribution in [3.63, 3.8) is 0 Å². The number of rotatable bonds is 2. The summed E-state index contributed by atoms with van der Waals surface area (Å²) in [5.74, 6) is 2.44. The Hall–Kier alpha value is -1.88. The van der Waals surface area contributed by atoms with Gasteiger partial charge in [0.2, 0.25) is 5.95 Å². The van der Waals surface area contributed by atoms with Gasteiger partial charge in [0.05, 0.1) is 0 Å². The van der Waals surface area contributed by atoms with Crippen LogP contribution in [0.4, 0.5) is 5.95 Å². The maximum Gasteiger partial charge on any atom is 0.245 e. The van der Waals surface area contributed by atoms with Crippen molar-refractivity contribution in [1.82, 2.24) is 20.5 Å². The second-order valence-electron chi connectivity index (χ2n) is 6.22. The zero-order valence-electron chi connectivity index (χ0n) is 12.3. The van der Waals surface area contributed by atoms with E-state index in [9.17, 15) is 0 Å². The van der Waals surface area contributed by atoms with Crippen molar-refractivity contribution in [2.45, 2.75) is 25.8 Å². The molecule has 0 bridgehead atoms. The zero-order chi connectivity index (χ0) is 14.2. The molecular formula is C16H21N5. The lowest BCUT2D eigenvalue weighted by molar-refractivity contribution is 0.340. The fraction of sp³-hybridized carbons (Fsp3) is 0.500. The molecule has 2 atom stereocenters. The summed E-state index contributed by atoms with van der Waals surface area (Å²) < 4.78 is 0. The molecular weight excluding hydrogens is 262 g/mol. The fourth-order valence-corrected chi connectivity index (χ4v) is 3.44. The summed E-state index contributed by atoms with van der Waals surface area (Å²) in [6, 6.07) is 8.99. The van der Waals surface area contributed by atoms with Gasteiger partial charge in [-0.25, -0.2) is 0 Å². The summed E-state index contributed by atoms with van der Waals surface area (Å²) in [6.45, 7) is 5.34. The Kier molecular flexibility index (Phi) is 3.15. The van der Waals surface area contributed by atoms with Crippen molar-refractivity contribution >= 4 is 5.95 Å². The van der Waals surface area contributed by atoms with Crippen LogP contribution in [0.3, 0.4) is 0 Å². The Labute approximate surface area is 124 Å². The second-order valence-corrected chi connectivity index (χ2v) is 6.22. The van der Waals surface area contributed by atoms with Crippen molar-refractivity contribution in [2.24, 2.45) is 5.92 Å². The summed E-state index contributed by atoms with van der Waals surface area (Å²) in [5, 5.41) is 11.1. The lowest BCUT2D eigenvalue weighted by Gasteiger charge is -2.24. The SMILES string of the molecule is Cc1ccc(-c2nc(N3CC4CCCNC4C3)n[nH]2)cc1. The van der Waals surface area contributed by atoms with E-state index in [2.05, 4.69) is 56.6 Å². The summed E-state index contributed by atoms with van der Waals surface area (Å²) in [6.07, 6.45) is 2.61. The highest BCUT2D eigenvalue weighted by Crippen LogP contribution is 2.28. The molecule has 110 valence electrons. The van der Waals surface area contributed by atoms with E-state index >= 15 is 0 Å². The molecule has 0 aliphatic carbocycles. The monoisotopic (exact) mass is 283 g/mol. The summed E-state index contributed by atoms with van der Waals surface area (Å²) in [4.78, 5) is 6.99. The maximum absolute atomic E-state index is 4.68.